The van der Waals surface area contributed by atoms with Crippen LogP contribution < -0.4 is 0 Å². The van der Waals surface area contributed by atoms with Gasteiger partial charge in [0.1, 0.15) is 17.2 Å². The molecule has 4 heteroatoms. The summed E-state index contributed by atoms with van der Waals surface area (Å²) in [6.07, 6.45) is 10.7. The molecule has 0 spiro atoms. The van der Waals surface area contributed by atoms with Crippen LogP contribution in [0, 0.1) is 28.6 Å². The van der Waals surface area contributed by atoms with Crippen LogP contribution >= 0.6 is 15.9 Å². The van der Waals surface area contributed by atoms with Crippen molar-refractivity contribution in [1.29, 1.82) is 0 Å². The summed E-state index contributed by atoms with van der Waals surface area (Å²) in [7, 11) is 0. The summed E-state index contributed by atoms with van der Waals surface area (Å²) in [5.74, 6) is 2.31. The summed E-state index contributed by atoms with van der Waals surface area (Å²) in [4.78, 5) is 24.1. The molecule has 6 unspecified atom stereocenters. The van der Waals surface area contributed by atoms with E-state index in [2.05, 4.69) is 35.9 Å². The Morgan fingerprint density at radius 3 is 2.68 bits per heavy atom. The van der Waals surface area contributed by atoms with Gasteiger partial charge in [0.2, 0.25) is 0 Å². The van der Waals surface area contributed by atoms with E-state index in [1.165, 1.54) is 12.0 Å². The van der Waals surface area contributed by atoms with Crippen molar-refractivity contribution in [2.45, 2.75) is 71.3 Å². The first-order chi connectivity index (χ1) is 11.9. The minimum absolute atomic E-state index is 0.0443. The molecule has 6 atom stereocenters. The number of ether oxygens (including phenoxy) is 1. The predicted octanol–water partition coefficient (Wildman–Crippen LogP) is 4.83. The van der Waals surface area contributed by atoms with E-state index in [0.717, 1.165) is 44.9 Å². The second-order valence-electron chi connectivity index (χ2n) is 9.17. The van der Waals surface area contributed by atoms with Crippen LogP contribution in [0.25, 0.3) is 0 Å². The number of carbonyl (C=O) groups excluding carboxylic acids is 2. The zero-order chi connectivity index (χ0) is 17.8. The molecule has 0 saturated heterocycles. The highest BCUT2D eigenvalue weighted by molar-refractivity contribution is 9.09. The molecular weight excluding hydrogens is 380 g/mol. The van der Waals surface area contributed by atoms with Crippen LogP contribution in [0.15, 0.2) is 11.6 Å². The molecule has 0 N–H and O–H groups in total. The zero-order valence-electron chi connectivity index (χ0n) is 15.4. The Bertz CT molecular complexity index is 627. The molecular formula is C21H29BrO3. The van der Waals surface area contributed by atoms with Crippen LogP contribution in [0.3, 0.4) is 0 Å². The third-order valence-electron chi connectivity index (χ3n) is 8.17. The number of fused-ring (bicyclic) bond motifs is 5. The molecule has 138 valence electrons. The van der Waals surface area contributed by atoms with Gasteiger partial charge >= 0.3 is 5.97 Å². The van der Waals surface area contributed by atoms with Gasteiger partial charge in [0.05, 0.1) is 0 Å². The van der Waals surface area contributed by atoms with E-state index in [-0.39, 0.29) is 28.2 Å². The van der Waals surface area contributed by atoms with Gasteiger partial charge in [0.25, 0.3) is 0 Å². The number of allylic oxidation sites excluding steroid dienone is 1. The molecule has 0 aromatic carbocycles. The first-order valence-corrected chi connectivity index (χ1v) is 11.0. The summed E-state index contributed by atoms with van der Waals surface area (Å²) in [6.45, 7) is 4.68. The van der Waals surface area contributed by atoms with Crippen molar-refractivity contribution in [3.05, 3.63) is 11.6 Å². The highest BCUT2D eigenvalue weighted by Gasteiger charge is 2.58. The average molecular weight is 409 g/mol. The lowest BCUT2D eigenvalue weighted by Crippen LogP contribution is -2.50. The van der Waals surface area contributed by atoms with Crippen molar-refractivity contribution in [2.75, 3.05) is 5.33 Å². The third kappa shape index (κ3) is 2.65. The van der Waals surface area contributed by atoms with Gasteiger partial charge in [0, 0.05) is 18.3 Å². The van der Waals surface area contributed by atoms with Gasteiger partial charge in [-0.2, -0.15) is 0 Å². The number of hydrogen-bond acceptors (Lipinski definition) is 3. The first-order valence-electron chi connectivity index (χ1n) is 9.87. The minimum Gasteiger partial charge on any atom is -0.461 e. The summed E-state index contributed by atoms with van der Waals surface area (Å²) < 4.78 is 5.60. The van der Waals surface area contributed by atoms with Crippen molar-refractivity contribution in [3.63, 3.8) is 0 Å². The predicted molar refractivity (Wildman–Crippen MR) is 100 cm³/mol. The molecule has 0 amide bonds. The van der Waals surface area contributed by atoms with E-state index >= 15 is 0 Å². The standard InChI is InChI=1S/C21H29BrO3/c1-20-9-7-14(25-19(24)12-22)11-13(20)3-4-15-16-5-6-18(23)21(16,2)10-8-17(15)20/h3,14-17H,4-12H2,1-2H3. The number of Topliss-reactive ketones (excluding diaryl/α,β-unsaturated/α-hetero) is 1. The molecule has 4 rings (SSSR count). The molecule has 4 aliphatic carbocycles. The average Bonchev–Trinajstić information content (AvgIpc) is 2.90. The molecule has 0 heterocycles. The molecule has 0 aliphatic heterocycles. The topological polar surface area (TPSA) is 43.4 Å². The molecule has 3 saturated carbocycles. The highest BCUT2D eigenvalue weighted by atomic mass is 79.9. The summed E-state index contributed by atoms with van der Waals surface area (Å²) in [6, 6.07) is 0. The van der Waals surface area contributed by atoms with Crippen LogP contribution in [0.2, 0.25) is 0 Å². The molecule has 0 bridgehead atoms. The van der Waals surface area contributed by atoms with Gasteiger partial charge in [-0.3, -0.25) is 9.59 Å². The lowest BCUT2D eigenvalue weighted by molar-refractivity contribution is -0.148. The Morgan fingerprint density at radius 1 is 1.20 bits per heavy atom. The maximum absolute atomic E-state index is 12.5. The first kappa shape index (κ1) is 17.8. The number of alkyl halides is 1. The fraction of sp³-hybridized carbons (Fsp3) is 0.810. The maximum Gasteiger partial charge on any atom is 0.316 e. The Labute approximate surface area is 159 Å². The van der Waals surface area contributed by atoms with Crippen LogP contribution in [0.1, 0.15) is 65.2 Å². The fourth-order valence-corrected chi connectivity index (χ4v) is 6.85. The molecule has 3 nitrogen and oxygen atoms in total. The smallest absolute Gasteiger partial charge is 0.316 e. The molecule has 0 aromatic rings. The van der Waals surface area contributed by atoms with Gasteiger partial charge in [0.15, 0.2) is 0 Å². The van der Waals surface area contributed by atoms with Crippen LogP contribution in [0.4, 0.5) is 0 Å². The van der Waals surface area contributed by atoms with E-state index in [9.17, 15) is 9.59 Å². The summed E-state index contributed by atoms with van der Waals surface area (Å²) in [5, 5.41) is 0.277. The van der Waals surface area contributed by atoms with Crippen LogP contribution in [0.5, 0.6) is 0 Å². The van der Waals surface area contributed by atoms with E-state index in [1.807, 2.05) is 0 Å². The zero-order valence-corrected chi connectivity index (χ0v) is 16.9. The van der Waals surface area contributed by atoms with E-state index < -0.39 is 0 Å². The van der Waals surface area contributed by atoms with Crippen molar-refractivity contribution in [1.82, 2.24) is 0 Å². The Morgan fingerprint density at radius 2 is 1.92 bits per heavy atom. The molecule has 3 fully saturated rings. The van der Waals surface area contributed by atoms with Gasteiger partial charge in [-0.25, -0.2) is 0 Å². The van der Waals surface area contributed by atoms with Crippen molar-refractivity contribution in [2.24, 2.45) is 28.6 Å². The van der Waals surface area contributed by atoms with Crippen molar-refractivity contribution in [3.8, 4) is 0 Å². The lowest BCUT2D eigenvalue weighted by Gasteiger charge is -2.56. The number of rotatable bonds is 2. The fourth-order valence-electron chi connectivity index (χ4n) is 6.72. The molecule has 4 aliphatic rings. The normalized spacial score (nSPS) is 45.9. The largest absolute Gasteiger partial charge is 0.461 e. The van der Waals surface area contributed by atoms with E-state index in [1.54, 1.807) is 0 Å². The van der Waals surface area contributed by atoms with Gasteiger partial charge in [-0.05, 0) is 61.7 Å². The summed E-state index contributed by atoms with van der Waals surface area (Å²) >= 11 is 3.19. The number of halogens is 1. The maximum atomic E-state index is 12.5. The number of ketones is 1. The SMILES string of the molecule is CC12CCC3C(CC=C4CC(OC(=O)CBr)CCC43C)C1CCC2=O. The lowest BCUT2D eigenvalue weighted by atomic mass is 9.48. The number of hydrogen-bond donors (Lipinski definition) is 0. The Hall–Kier alpha value is -0.640. The van der Waals surface area contributed by atoms with E-state index in [4.69, 9.17) is 4.74 Å². The Balaban J connectivity index is 1.56. The number of carbonyl (C=O) groups is 2. The quantitative estimate of drug-likeness (QED) is 0.373. The number of esters is 1. The molecule has 0 aromatic heterocycles. The third-order valence-corrected chi connectivity index (χ3v) is 8.63. The molecule has 25 heavy (non-hydrogen) atoms. The van der Waals surface area contributed by atoms with Crippen LogP contribution in [-0.2, 0) is 14.3 Å². The van der Waals surface area contributed by atoms with Gasteiger partial charge in [-0.1, -0.05) is 41.4 Å². The summed E-state index contributed by atoms with van der Waals surface area (Å²) in [5.41, 5.74) is 1.71. The van der Waals surface area contributed by atoms with Crippen LogP contribution in [-0.4, -0.2) is 23.2 Å². The van der Waals surface area contributed by atoms with Gasteiger partial charge < -0.3 is 4.74 Å². The van der Waals surface area contributed by atoms with Crippen molar-refractivity contribution >= 4 is 27.7 Å². The van der Waals surface area contributed by atoms with E-state index in [0.29, 0.717) is 23.5 Å². The second-order valence-corrected chi connectivity index (χ2v) is 9.73. The van der Waals surface area contributed by atoms with Gasteiger partial charge in [-0.15, -0.1) is 0 Å². The highest BCUT2D eigenvalue weighted by Crippen LogP contribution is 2.64. The monoisotopic (exact) mass is 408 g/mol. The minimum atomic E-state index is -0.152. The second kappa shape index (κ2) is 6.21. The molecule has 0 radical (unpaired) electrons. The van der Waals surface area contributed by atoms with Crippen molar-refractivity contribution < 1.29 is 14.3 Å². The Kier molecular flexibility index (Phi) is 4.41.